The number of hydrogen-bond donors (Lipinski definition) is 1. The molecule has 0 bridgehead atoms. The number of rotatable bonds is 3. The van der Waals surface area contributed by atoms with Gasteiger partial charge in [0.15, 0.2) is 0 Å². The van der Waals surface area contributed by atoms with Crippen molar-refractivity contribution >= 4 is 0 Å². The summed E-state index contributed by atoms with van der Waals surface area (Å²) in [6, 6.07) is 5.02. The lowest BCUT2D eigenvalue weighted by Gasteiger charge is -2.02. The molecule has 0 aromatic heterocycles. The highest BCUT2D eigenvalue weighted by molar-refractivity contribution is 5.23. The number of halogens is 1. The van der Waals surface area contributed by atoms with Crippen LogP contribution in [0.25, 0.3) is 0 Å². The van der Waals surface area contributed by atoms with Crippen molar-refractivity contribution in [1.29, 1.82) is 0 Å². The highest BCUT2D eigenvalue weighted by Gasteiger charge is 2.00. The van der Waals surface area contributed by atoms with Crippen molar-refractivity contribution in [2.75, 3.05) is 0 Å². The Bertz CT molecular complexity index is 263. The summed E-state index contributed by atoms with van der Waals surface area (Å²) in [5.41, 5.74) is 1.47. The maximum absolute atomic E-state index is 13.1. The monoisotopic (exact) mass is 169 g/mol. The van der Waals surface area contributed by atoms with Crippen LogP contribution in [0.2, 0.25) is 0 Å². The molecule has 12 heavy (non-hydrogen) atoms. The van der Waals surface area contributed by atoms with Crippen molar-refractivity contribution in [2.45, 2.75) is 20.0 Å². The zero-order valence-electron chi connectivity index (χ0n) is 7.01. The summed E-state index contributed by atoms with van der Waals surface area (Å²) in [6.07, 6.45) is 0.704. The van der Waals surface area contributed by atoms with Crippen LogP contribution in [-0.2, 0) is 17.9 Å². The second-order valence-electron chi connectivity index (χ2n) is 2.59. The summed E-state index contributed by atoms with van der Waals surface area (Å²) < 4.78 is 13.1. The molecular weight excluding hydrogens is 157 g/mol. The Kier molecular flexibility index (Phi) is 3.19. The van der Waals surface area contributed by atoms with Crippen LogP contribution in [0, 0.1) is 5.82 Å². The van der Waals surface area contributed by atoms with Crippen LogP contribution in [-0.4, -0.2) is 0 Å². The molecule has 0 heterocycles. The van der Waals surface area contributed by atoms with Crippen LogP contribution < -0.4 is 5.90 Å². The summed E-state index contributed by atoms with van der Waals surface area (Å²) in [5.74, 6) is 4.67. The van der Waals surface area contributed by atoms with Gasteiger partial charge in [-0.2, -0.15) is 0 Å². The molecule has 0 unspecified atom stereocenters. The third kappa shape index (κ3) is 2.03. The van der Waals surface area contributed by atoms with Gasteiger partial charge in [-0.1, -0.05) is 19.1 Å². The molecule has 1 aromatic carbocycles. The van der Waals surface area contributed by atoms with Crippen molar-refractivity contribution in [3.05, 3.63) is 35.1 Å². The zero-order chi connectivity index (χ0) is 8.97. The van der Waals surface area contributed by atoms with E-state index in [4.69, 9.17) is 5.90 Å². The Balaban J connectivity index is 2.86. The van der Waals surface area contributed by atoms with E-state index < -0.39 is 0 Å². The van der Waals surface area contributed by atoms with Crippen LogP contribution in [0.1, 0.15) is 18.1 Å². The smallest absolute Gasteiger partial charge is 0.126 e. The summed E-state index contributed by atoms with van der Waals surface area (Å²) in [7, 11) is 0. The van der Waals surface area contributed by atoms with Crippen LogP contribution >= 0.6 is 0 Å². The fourth-order valence-electron chi connectivity index (χ4n) is 1.06. The Hall–Kier alpha value is -0.930. The lowest BCUT2D eigenvalue weighted by molar-refractivity contribution is 0.124. The average Bonchev–Trinajstić information content (AvgIpc) is 2.05. The maximum atomic E-state index is 13.1. The van der Waals surface area contributed by atoms with Crippen molar-refractivity contribution in [1.82, 2.24) is 0 Å². The van der Waals surface area contributed by atoms with Gasteiger partial charge in [0.05, 0.1) is 6.61 Å². The highest BCUT2D eigenvalue weighted by Crippen LogP contribution is 2.11. The second-order valence-corrected chi connectivity index (χ2v) is 2.59. The third-order valence-corrected chi connectivity index (χ3v) is 1.75. The van der Waals surface area contributed by atoms with E-state index in [1.165, 1.54) is 6.07 Å². The fourth-order valence-corrected chi connectivity index (χ4v) is 1.06. The van der Waals surface area contributed by atoms with Gasteiger partial charge < -0.3 is 0 Å². The molecule has 0 atom stereocenters. The SMILES string of the molecule is CCc1ccc(CON)cc1F. The minimum Gasteiger partial charge on any atom is -0.300 e. The Labute approximate surface area is 71.1 Å². The van der Waals surface area contributed by atoms with Gasteiger partial charge in [0, 0.05) is 0 Å². The molecule has 0 aliphatic heterocycles. The van der Waals surface area contributed by atoms with Crippen molar-refractivity contribution in [3.8, 4) is 0 Å². The minimum absolute atomic E-state index is 0.188. The molecular formula is C9H12FNO. The summed E-state index contributed by atoms with van der Waals surface area (Å²) in [4.78, 5) is 4.39. The number of benzene rings is 1. The van der Waals surface area contributed by atoms with Gasteiger partial charge in [0.2, 0.25) is 0 Å². The molecule has 0 radical (unpaired) electrons. The van der Waals surface area contributed by atoms with E-state index in [9.17, 15) is 4.39 Å². The van der Waals surface area contributed by atoms with Crippen LogP contribution in [0.5, 0.6) is 0 Å². The molecule has 3 heteroatoms. The molecule has 0 spiro atoms. The van der Waals surface area contributed by atoms with E-state index in [-0.39, 0.29) is 12.4 Å². The third-order valence-electron chi connectivity index (χ3n) is 1.75. The first kappa shape index (κ1) is 9.16. The Morgan fingerprint density at radius 1 is 1.50 bits per heavy atom. The maximum Gasteiger partial charge on any atom is 0.126 e. The molecule has 0 fully saturated rings. The second kappa shape index (κ2) is 4.18. The molecule has 0 aliphatic carbocycles. The predicted molar refractivity (Wildman–Crippen MR) is 44.8 cm³/mol. The van der Waals surface area contributed by atoms with E-state index in [0.29, 0.717) is 6.42 Å². The first-order chi connectivity index (χ1) is 5.77. The van der Waals surface area contributed by atoms with Crippen molar-refractivity contribution < 1.29 is 9.23 Å². The molecule has 0 aliphatic rings. The number of hydrogen-bond acceptors (Lipinski definition) is 2. The molecule has 2 nitrogen and oxygen atoms in total. The topological polar surface area (TPSA) is 35.2 Å². The van der Waals surface area contributed by atoms with E-state index in [1.54, 1.807) is 6.07 Å². The summed E-state index contributed by atoms with van der Waals surface area (Å²) in [6.45, 7) is 2.17. The van der Waals surface area contributed by atoms with E-state index in [1.807, 2.05) is 13.0 Å². The minimum atomic E-state index is -0.188. The van der Waals surface area contributed by atoms with E-state index in [0.717, 1.165) is 11.1 Å². The predicted octanol–water partition coefficient (Wildman–Crippen LogP) is 1.78. The molecule has 1 rings (SSSR count). The van der Waals surface area contributed by atoms with Gasteiger partial charge in [0.1, 0.15) is 5.82 Å². The van der Waals surface area contributed by atoms with Gasteiger partial charge in [-0.25, -0.2) is 10.3 Å². The average molecular weight is 169 g/mol. The standard InChI is InChI=1S/C9H12FNO/c1-2-8-4-3-7(6-12-11)5-9(8)10/h3-5H,2,6,11H2,1H3. The first-order valence-corrected chi connectivity index (χ1v) is 3.87. The molecule has 2 N–H and O–H groups in total. The summed E-state index contributed by atoms with van der Waals surface area (Å²) >= 11 is 0. The van der Waals surface area contributed by atoms with Gasteiger partial charge in [-0.3, -0.25) is 4.84 Å². The Morgan fingerprint density at radius 2 is 2.25 bits per heavy atom. The molecule has 0 saturated carbocycles. The number of aryl methyl sites for hydroxylation is 1. The van der Waals surface area contributed by atoms with Crippen LogP contribution in [0.15, 0.2) is 18.2 Å². The first-order valence-electron chi connectivity index (χ1n) is 3.87. The lowest BCUT2D eigenvalue weighted by Crippen LogP contribution is -2.00. The van der Waals surface area contributed by atoms with Crippen LogP contribution in [0.3, 0.4) is 0 Å². The zero-order valence-corrected chi connectivity index (χ0v) is 7.01. The lowest BCUT2D eigenvalue weighted by atomic mass is 10.1. The largest absolute Gasteiger partial charge is 0.300 e. The van der Waals surface area contributed by atoms with Gasteiger partial charge in [-0.05, 0) is 23.6 Å². The van der Waals surface area contributed by atoms with Crippen molar-refractivity contribution in [2.24, 2.45) is 5.90 Å². The van der Waals surface area contributed by atoms with Gasteiger partial charge in [-0.15, -0.1) is 0 Å². The Morgan fingerprint density at radius 3 is 2.75 bits per heavy atom. The molecule has 66 valence electrons. The van der Waals surface area contributed by atoms with Crippen molar-refractivity contribution in [3.63, 3.8) is 0 Å². The molecule has 0 saturated heterocycles. The molecule has 0 amide bonds. The van der Waals surface area contributed by atoms with Crippen LogP contribution in [0.4, 0.5) is 4.39 Å². The van der Waals surface area contributed by atoms with Gasteiger partial charge in [0.25, 0.3) is 0 Å². The van der Waals surface area contributed by atoms with E-state index >= 15 is 0 Å². The summed E-state index contributed by atoms with van der Waals surface area (Å²) in [5, 5.41) is 0. The molecule has 1 aromatic rings. The fraction of sp³-hybridized carbons (Fsp3) is 0.333. The quantitative estimate of drug-likeness (QED) is 0.700. The van der Waals surface area contributed by atoms with E-state index in [2.05, 4.69) is 4.84 Å². The van der Waals surface area contributed by atoms with Gasteiger partial charge >= 0.3 is 0 Å². The number of nitrogens with two attached hydrogens (primary N) is 1. The normalized spacial score (nSPS) is 10.2. The highest BCUT2D eigenvalue weighted by atomic mass is 19.1.